The van der Waals surface area contributed by atoms with Gasteiger partial charge < -0.3 is 5.11 Å². The average Bonchev–Trinajstić information content (AvgIpc) is 2.70. The molecule has 0 bridgehead atoms. The molecule has 88 valence electrons. The van der Waals surface area contributed by atoms with Crippen LogP contribution in [0.2, 0.25) is 0 Å². The molecule has 2 heteroatoms. The quantitative estimate of drug-likeness (QED) is 0.757. The predicted octanol–water partition coefficient (Wildman–Crippen LogP) is 2.27. The largest absolute Gasteiger partial charge is 0.395 e. The number of hydrogen-bond donors (Lipinski definition) is 1. The topological polar surface area (TPSA) is 23.5 Å². The van der Waals surface area contributed by atoms with E-state index in [4.69, 9.17) is 0 Å². The molecule has 0 radical (unpaired) electrons. The molecular weight excluding hydrogens is 186 g/mol. The Hall–Kier alpha value is -0.0800. The van der Waals surface area contributed by atoms with Crippen molar-refractivity contribution in [2.75, 3.05) is 13.2 Å². The highest BCUT2D eigenvalue weighted by Crippen LogP contribution is 2.34. The first kappa shape index (κ1) is 11.4. The molecule has 0 amide bonds. The fourth-order valence-electron chi connectivity index (χ4n) is 3.36. The van der Waals surface area contributed by atoms with Gasteiger partial charge in [0.15, 0.2) is 0 Å². The van der Waals surface area contributed by atoms with Crippen LogP contribution in [0.1, 0.15) is 46.0 Å². The maximum atomic E-state index is 9.34. The van der Waals surface area contributed by atoms with Gasteiger partial charge in [-0.3, -0.25) is 4.90 Å². The van der Waals surface area contributed by atoms with Crippen molar-refractivity contribution in [2.24, 2.45) is 11.8 Å². The molecule has 3 unspecified atom stereocenters. The van der Waals surface area contributed by atoms with E-state index in [1.807, 2.05) is 0 Å². The molecule has 1 heterocycles. The highest BCUT2D eigenvalue weighted by atomic mass is 16.3. The van der Waals surface area contributed by atoms with Crippen molar-refractivity contribution in [3.8, 4) is 0 Å². The van der Waals surface area contributed by atoms with Crippen LogP contribution >= 0.6 is 0 Å². The molecule has 15 heavy (non-hydrogen) atoms. The van der Waals surface area contributed by atoms with Crippen LogP contribution in [0.15, 0.2) is 0 Å². The van der Waals surface area contributed by atoms with Gasteiger partial charge in [0.1, 0.15) is 0 Å². The summed E-state index contributed by atoms with van der Waals surface area (Å²) in [7, 11) is 0. The first-order valence-electron chi connectivity index (χ1n) is 6.59. The van der Waals surface area contributed by atoms with Crippen molar-refractivity contribution in [3.05, 3.63) is 0 Å². The molecule has 1 saturated heterocycles. The van der Waals surface area contributed by atoms with E-state index in [-0.39, 0.29) is 0 Å². The summed E-state index contributed by atoms with van der Waals surface area (Å²) in [5, 5.41) is 9.34. The Morgan fingerprint density at radius 3 is 2.60 bits per heavy atom. The van der Waals surface area contributed by atoms with Gasteiger partial charge in [0.05, 0.1) is 6.61 Å². The first-order valence-corrected chi connectivity index (χ1v) is 6.59. The second kappa shape index (κ2) is 4.84. The minimum absolute atomic E-state index is 0.362. The normalized spacial score (nSPS) is 43.4. The number of nitrogens with zero attached hydrogens (tertiary/aromatic N) is 1. The van der Waals surface area contributed by atoms with Gasteiger partial charge in [0.2, 0.25) is 0 Å². The molecule has 0 aromatic heterocycles. The van der Waals surface area contributed by atoms with Crippen molar-refractivity contribution in [3.63, 3.8) is 0 Å². The average molecular weight is 211 g/mol. The van der Waals surface area contributed by atoms with E-state index in [0.29, 0.717) is 12.6 Å². The Morgan fingerprint density at radius 2 is 1.93 bits per heavy atom. The van der Waals surface area contributed by atoms with Crippen molar-refractivity contribution in [1.29, 1.82) is 0 Å². The molecule has 4 atom stereocenters. The zero-order chi connectivity index (χ0) is 10.8. The van der Waals surface area contributed by atoms with Crippen LogP contribution in [-0.4, -0.2) is 35.2 Å². The lowest BCUT2D eigenvalue weighted by molar-refractivity contribution is 0.0712. The number of hydrogen-bond acceptors (Lipinski definition) is 2. The van der Waals surface area contributed by atoms with Crippen LogP contribution in [0.3, 0.4) is 0 Å². The zero-order valence-corrected chi connectivity index (χ0v) is 10.2. The monoisotopic (exact) mass is 211 g/mol. The summed E-state index contributed by atoms with van der Waals surface area (Å²) < 4.78 is 0. The van der Waals surface area contributed by atoms with Crippen molar-refractivity contribution in [2.45, 2.75) is 58.0 Å². The van der Waals surface area contributed by atoms with E-state index < -0.39 is 0 Å². The summed E-state index contributed by atoms with van der Waals surface area (Å²) in [5.41, 5.74) is 0. The van der Waals surface area contributed by atoms with E-state index in [1.165, 1.54) is 38.6 Å². The number of likely N-dealkylation sites (tertiary alicyclic amines) is 1. The van der Waals surface area contributed by atoms with Crippen molar-refractivity contribution < 1.29 is 5.11 Å². The molecule has 2 aliphatic rings. The predicted molar refractivity (Wildman–Crippen MR) is 62.8 cm³/mol. The van der Waals surface area contributed by atoms with E-state index in [9.17, 15) is 5.11 Å². The minimum Gasteiger partial charge on any atom is -0.395 e. The summed E-state index contributed by atoms with van der Waals surface area (Å²) in [6.45, 7) is 6.35. The molecular formula is C13H25NO. The summed E-state index contributed by atoms with van der Waals surface area (Å²) in [6.07, 6.45) is 6.56. The third kappa shape index (κ3) is 2.36. The van der Waals surface area contributed by atoms with Gasteiger partial charge in [-0.15, -0.1) is 0 Å². The van der Waals surface area contributed by atoms with Gasteiger partial charge in [0.25, 0.3) is 0 Å². The van der Waals surface area contributed by atoms with Crippen LogP contribution in [-0.2, 0) is 0 Å². The minimum atomic E-state index is 0.362. The lowest BCUT2D eigenvalue weighted by Crippen LogP contribution is -2.44. The standard InChI is InChI=1S/C13H25NO/c1-10-5-6-12(8-11(10)2)14-7-3-4-13(14)9-15/h10-13,15H,3-9H2,1-2H3/t10?,11?,12?,13-/m0/s1. The lowest BCUT2D eigenvalue weighted by atomic mass is 9.78. The number of aliphatic hydroxyl groups is 1. The first-order chi connectivity index (χ1) is 7.22. The van der Waals surface area contributed by atoms with E-state index >= 15 is 0 Å². The molecule has 0 aromatic rings. The van der Waals surface area contributed by atoms with Crippen LogP contribution < -0.4 is 0 Å². The maximum absolute atomic E-state index is 9.34. The van der Waals surface area contributed by atoms with Crippen LogP contribution in [0.25, 0.3) is 0 Å². The summed E-state index contributed by atoms with van der Waals surface area (Å²) >= 11 is 0. The van der Waals surface area contributed by atoms with E-state index in [1.54, 1.807) is 0 Å². The molecule has 2 rings (SSSR count). The Balaban J connectivity index is 1.93. The summed E-state index contributed by atoms with van der Waals surface area (Å²) in [6, 6.07) is 1.23. The molecule has 1 aliphatic carbocycles. The third-order valence-corrected chi connectivity index (χ3v) is 4.67. The zero-order valence-electron chi connectivity index (χ0n) is 10.2. The second-order valence-corrected chi connectivity index (χ2v) is 5.64. The molecule has 0 spiro atoms. The van der Waals surface area contributed by atoms with Crippen LogP contribution in [0.4, 0.5) is 0 Å². The molecule has 2 fully saturated rings. The summed E-state index contributed by atoms with van der Waals surface area (Å²) in [5.74, 6) is 1.76. The van der Waals surface area contributed by atoms with E-state index in [0.717, 1.165) is 17.9 Å². The smallest absolute Gasteiger partial charge is 0.0586 e. The fraction of sp³-hybridized carbons (Fsp3) is 1.00. The third-order valence-electron chi connectivity index (χ3n) is 4.67. The Morgan fingerprint density at radius 1 is 1.13 bits per heavy atom. The molecule has 2 nitrogen and oxygen atoms in total. The SMILES string of the molecule is CC1CCC(N2CCC[C@H]2CO)CC1C. The number of aliphatic hydroxyl groups excluding tert-OH is 1. The lowest BCUT2D eigenvalue weighted by Gasteiger charge is -2.39. The van der Waals surface area contributed by atoms with Gasteiger partial charge in [0, 0.05) is 12.1 Å². The van der Waals surface area contributed by atoms with Crippen LogP contribution in [0.5, 0.6) is 0 Å². The van der Waals surface area contributed by atoms with Crippen molar-refractivity contribution in [1.82, 2.24) is 4.90 Å². The van der Waals surface area contributed by atoms with Gasteiger partial charge in [-0.25, -0.2) is 0 Å². The second-order valence-electron chi connectivity index (χ2n) is 5.64. The van der Waals surface area contributed by atoms with Gasteiger partial charge in [-0.2, -0.15) is 0 Å². The molecule has 1 aliphatic heterocycles. The fourth-order valence-corrected chi connectivity index (χ4v) is 3.36. The molecule has 1 N–H and O–H groups in total. The summed E-state index contributed by atoms with van der Waals surface area (Å²) in [4.78, 5) is 2.59. The van der Waals surface area contributed by atoms with Crippen LogP contribution in [0, 0.1) is 11.8 Å². The van der Waals surface area contributed by atoms with Gasteiger partial charge >= 0.3 is 0 Å². The highest BCUT2D eigenvalue weighted by molar-refractivity contribution is 4.88. The Bertz CT molecular complexity index is 207. The molecule has 0 aromatic carbocycles. The van der Waals surface area contributed by atoms with Crippen molar-refractivity contribution >= 4 is 0 Å². The van der Waals surface area contributed by atoms with E-state index in [2.05, 4.69) is 18.7 Å². The number of rotatable bonds is 2. The van der Waals surface area contributed by atoms with Gasteiger partial charge in [-0.05, 0) is 50.5 Å². The highest BCUT2D eigenvalue weighted by Gasteiger charge is 2.34. The Kier molecular flexibility index (Phi) is 3.68. The Labute approximate surface area is 93.7 Å². The van der Waals surface area contributed by atoms with Gasteiger partial charge in [-0.1, -0.05) is 13.8 Å². The maximum Gasteiger partial charge on any atom is 0.0586 e. The molecule has 1 saturated carbocycles.